The number of pyridine rings is 1. The van der Waals surface area contributed by atoms with Crippen LogP contribution < -0.4 is 19.5 Å². The number of nitrogens with one attached hydrogen (secondary N) is 1. The smallest absolute Gasteiger partial charge is 0.417 e. The maximum atomic E-state index is 13.5. The number of amides is 1. The molecule has 1 aliphatic rings. The lowest BCUT2D eigenvalue weighted by Gasteiger charge is -2.12. The minimum absolute atomic E-state index is 0.0171. The second-order valence-corrected chi connectivity index (χ2v) is 6.32. The van der Waals surface area contributed by atoms with Crippen molar-refractivity contribution in [2.24, 2.45) is 7.05 Å². The maximum Gasteiger partial charge on any atom is 0.417 e. The molecule has 2 aromatic heterocycles. The minimum Gasteiger partial charge on any atom is -0.467 e. The van der Waals surface area contributed by atoms with Gasteiger partial charge in [-0.2, -0.15) is 23.3 Å². The minimum atomic E-state index is -4.62. The number of anilines is 1. The Labute approximate surface area is 162 Å². The number of aryl methyl sites for hydroxylation is 2. The SMILES string of the molecule is Cc1nn(C)c2nc(OCC(=O)Nc3ccc4c(c3)OCO4)cc(C(F)(F)F)c12. The average Bonchev–Trinajstić information content (AvgIpc) is 3.23. The van der Waals surface area contributed by atoms with Gasteiger partial charge in [0.2, 0.25) is 12.7 Å². The molecule has 3 heterocycles. The third kappa shape index (κ3) is 3.62. The van der Waals surface area contributed by atoms with Gasteiger partial charge in [0.1, 0.15) is 0 Å². The molecule has 11 heteroatoms. The summed E-state index contributed by atoms with van der Waals surface area (Å²) in [5.74, 6) is 0.148. The van der Waals surface area contributed by atoms with Gasteiger partial charge in [-0.3, -0.25) is 9.48 Å². The molecule has 3 aromatic rings. The number of hydrogen-bond acceptors (Lipinski definition) is 6. The maximum absolute atomic E-state index is 13.5. The van der Waals surface area contributed by atoms with E-state index in [-0.39, 0.29) is 29.4 Å². The molecule has 0 aliphatic carbocycles. The van der Waals surface area contributed by atoms with Crippen LogP contribution in [0.2, 0.25) is 0 Å². The Kier molecular flexibility index (Phi) is 4.44. The molecule has 1 aliphatic heterocycles. The quantitative estimate of drug-likeness (QED) is 0.714. The van der Waals surface area contributed by atoms with Crippen molar-refractivity contribution in [3.63, 3.8) is 0 Å². The number of carbonyl (C=O) groups is 1. The molecule has 0 saturated carbocycles. The number of halogens is 3. The molecule has 0 atom stereocenters. The third-order valence-electron chi connectivity index (χ3n) is 4.26. The molecule has 1 aromatic carbocycles. The number of nitrogens with zero attached hydrogens (tertiary/aromatic N) is 3. The first kappa shape index (κ1) is 18.8. The highest BCUT2D eigenvalue weighted by molar-refractivity contribution is 5.92. The molecule has 1 amide bonds. The third-order valence-corrected chi connectivity index (χ3v) is 4.26. The van der Waals surface area contributed by atoms with Crippen molar-refractivity contribution >= 4 is 22.6 Å². The zero-order valence-electron chi connectivity index (χ0n) is 15.3. The highest BCUT2D eigenvalue weighted by Crippen LogP contribution is 2.37. The van der Waals surface area contributed by atoms with Gasteiger partial charge in [-0.1, -0.05) is 0 Å². The fourth-order valence-electron chi connectivity index (χ4n) is 3.03. The Morgan fingerprint density at radius 1 is 1.28 bits per heavy atom. The average molecular weight is 408 g/mol. The second-order valence-electron chi connectivity index (χ2n) is 6.32. The predicted molar refractivity (Wildman–Crippen MR) is 94.9 cm³/mol. The van der Waals surface area contributed by atoms with Gasteiger partial charge < -0.3 is 19.5 Å². The molecule has 152 valence electrons. The van der Waals surface area contributed by atoms with E-state index in [1.165, 1.54) is 18.7 Å². The molecule has 0 radical (unpaired) electrons. The second kappa shape index (κ2) is 6.83. The fraction of sp³-hybridized carbons (Fsp3) is 0.278. The van der Waals surface area contributed by atoms with Gasteiger partial charge in [-0.25, -0.2) is 0 Å². The van der Waals surface area contributed by atoms with Crippen LogP contribution in [0.1, 0.15) is 11.3 Å². The largest absolute Gasteiger partial charge is 0.467 e. The molecule has 0 unspecified atom stereocenters. The highest BCUT2D eigenvalue weighted by Gasteiger charge is 2.35. The molecular weight excluding hydrogens is 393 g/mol. The number of hydrogen-bond donors (Lipinski definition) is 1. The van der Waals surface area contributed by atoms with Gasteiger partial charge in [-0.05, 0) is 19.1 Å². The van der Waals surface area contributed by atoms with Crippen molar-refractivity contribution in [2.45, 2.75) is 13.1 Å². The molecule has 0 fully saturated rings. The first-order chi connectivity index (χ1) is 13.7. The number of alkyl halides is 3. The Morgan fingerprint density at radius 3 is 2.79 bits per heavy atom. The standard InChI is InChI=1S/C18H15F3N4O4/c1-9-16-11(18(19,20)21)6-15(23-17(16)25(2)24-9)27-7-14(26)22-10-3-4-12-13(5-10)29-8-28-12/h3-6H,7-8H2,1-2H3,(H,22,26). The van der Waals surface area contributed by atoms with E-state index in [2.05, 4.69) is 15.4 Å². The summed E-state index contributed by atoms with van der Waals surface area (Å²) >= 11 is 0. The van der Waals surface area contributed by atoms with Crippen molar-refractivity contribution in [1.29, 1.82) is 0 Å². The van der Waals surface area contributed by atoms with Crippen LogP contribution >= 0.6 is 0 Å². The summed E-state index contributed by atoms with van der Waals surface area (Å²) < 4.78 is 57.2. The van der Waals surface area contributed by atoms with E-state index >= 15 is 0 Å². The lowest BCUT2D eigenvalue weighted by molar-refractivity contribution is -0.136. The number of aromatic nitrogens is 3. The first-order valence-electron chi connectivity index (χ1n) is 8.46. The number of benzene rings is 1. The van der Waals surface area contributed by atoms with Gasteiger partial charge in [0, 0.05) is 24.9 Å². The number of carbonyl (C=O) groups excluding carboxylic acids is 1. The van der Waals surface area contributed by atoms with Crippen LogP contribution in [0.4, 0.5) is 18.9 Å². The summed E-state index contributed by atoms with van der Waals surface area (Å²) in [6, 6.07) is 5.58. The Hall–Kier alpha value is -3.50. The highest BCUT2D eigenvalue weighted by atomic mass is 19.4. The monoisotopic (exact) mass is 408 g/mol. The van der Waals surface area contributed by atoms with E-state index in [1.54, 1.807) is 18.2 Å². The van der Waals surface area contributed by atoms with Crippen molar-refractivity contribution in [1.82, 2.24) is 14.8 Å². The van der Waals surface area contributed by atoms with Gasteiger partial charge in [0.25, 0.3) is 5.91 Å². The Bertz CT molecular complexity index is 1110. The molecule has 0 spiro atoms. The normalized spacial score (nSPS) is 13.0. The van der Waals surface area contributed by atoms with Gasteiger partial charge in [0.05, 0.1) is 16.6 Å². The van der Waals surface area contributed by atoms with E-state index in [9.17, 15) is 18.0 Å². The number of rotatable bonds is 4. The number of ether oxygens (including phenoxy) is 3. The summed E-state index contributed by atoms with van der Waals surface area (Å²) in [5.41, 5.74) is -0.262. The van der Waals surface area contributed by atoms with Crippen LogP contribution in [0.15, 0.2) is 24.3 Å². The molecule has 8 nitrogen and oxygen atoms in total. The van der Waals surface area contributed by atoms with Crippen LogP contribution in [-0.4, -0.2) is 34.1 Å². The predicted octanol–water partition coefficient (Wildman–Crippen LogP) is 3.04. The van der Waals surface area contributed by atoms with E-state index in [0.29, 0.717) is 17.2 Å². The molecule has 4 rings (SSSR count). The molecular formula is C18H15F3N4O4. The van der Waals surface area contributed by atoms with Crippen LogP contribution in [0.5, 0.6) is 17.4 Å². The summed E-state index contributed by atoms with van der Waals surface area (Å²) in [6.07, 6.45) is -4.62. The summed E-state index contributed by atoms with van der Waals surface area (Å²) in [7, 11) is 1.48. The molecule has 1 N–H and O–H groups in total. The summed E-state index contributed by atoms with van der Waals surface area (Å²) in [6.45, 7) is 1.04. The van der Waals surface area contributed by atoms with Crippen LogP contribution in [0.3, 0.4) is 0 Å². The fourth-order valence-corrected chi connectivity index (χ4v) is 3.03. The Morgan fingerprint density at radius 2 is 2.03 bits per heavy atom. The summed E-state index contributed by atoms with van der Waals surface area (Å²) in [5, 5.41) is 6.45. The topological polar surface area (TPSA) is 87.5 Å². The zero-order valence-corrected chi connectivity index (χ0v) is 15.3. The van der Waals surface area contributed by atoms with Gasteiger partial charge in [0.15, 0.2) is 23.8 Å². The van der Waals surface area contributed by atoms with Crippen LogP contribution in [0.25, 0.3) is 11.0 Å². The first-order valence-corrected chi connectivity index (χ1v) is 8.46. The Balaban J connectivity index is 1.52. The molecule has 0 saturated heterocycles. The van der Waals surface area contributed by atoms with Crippen molar-refractivity contribution in [3.8, 4) is 17.4 Å². The van der Waals surface area contributed by atoms with Crippen molar-refractivity contribution < 1.29 is 32.2 Å². The van der Waals surface area contributed by atoms with Gasteiger partial charge >= 0.3 is 6.18 Å². The van der Waals surface area contributed by atoms with Crippen LogP contribution in [0, 0.1) is 6.92 Å². The molecule has 29 heavy (non-hydrogen) atoms. The van der Waals surface area contributed by atoms with Gasteiger partial charge in [-0.15, -0.1) is 0 Å². The lowest BCUT2D eigenvalue weighted by Crippen LogP contribution is -2.20. The van der Waals surface area contributed by atoms with Crippen LogP contribution in [-0.2, 0) is 18.0 Å². The molecule has 0 bridgehead atoms. The van der Waals surface area contributed by atoms with E-state index in [0.717, 1.165) is 6.07 Å². The summed E-state index contributed by atoms with van der Waals surface area (Å²) in [4.78, 5) is 16.2. The lowest BCUT2D eigenvalue weighted by atomic mass is 10.1. The van der Waals surface area contributed by atoms with E-state index in [1.807, 2.05) is 0 Å². The zero-order chi connectivity index (χ0) is 20.8. The van der Waals surface area contributed by atoms with E-state index in [4.69, 9.17) is 14.2 Å². The van der Waals surface area contributed by atoms with Crippen molar-refractivity contribution in [2.75, 3.05) is 18.7 Å². The van der Waals surface area contributed by atoms with Crippen molar-refractivity contribution in [3.05, 3.63) is 35.5 Å². The van der Waals surface area contributed by atoms with E-state index < -0.39 is 24.3 Å². The number of fused-ring (bicyclic) bond motifs is 2.